The van der Waals surface area contributed by atoms with Crippen LogP contribution in [0.4, 0.5) is 15.8 Å². The lowest BCUT2D eigenvalue weighted by molar-refractivity contribution is 0.546. The van der Waals surface area contributed by atoms with Crippen LogP contribution in [0.3, 0.4) is 0 Å². The Hall–Kier alpha value is -2.25. The minimum absolute atomic E-state index is 0.0342. The first kappa shape index (κ1) is 16.6. The van der Waals surface area contributed by atoms with Crippen LogP contribution in [0.25, 0.3) is 11.0 Å². The maximum absolute atomic E-state index is 13.2. The van der Waals surface area contributed by atoms with Crippen molar-refractivity contribution in [2.45, 2.75) is 19.9 Å². The van der Waals surface area contributed by atoms with Gasteiger partial charge in [-0.25, -0.2) is 14.1 Å². The van der Waals surface area contributed by atoms with E-state index in [0.717, 1.165) is 16.7 Å². The van der Waals surface area contributed by atoms with Crippen LogP contribution >= 0.6 is 23.8 Å². The third kappa shape index (κ3) is 3.47. The van der Waals surface area contributed by atoms with Gasteiger partial charge in [-0.05, 0) is 50.3 Å². The molecule has 0 aliphatic carbocycles. The Morgan fingerprint density at radius 2 is 1.96 bits per heavy atom. The fourth-order valence-electron chi connectivity index (χ4n) is 2.25. The Balaban J connectivity index is 1.74. The van der Waals surface area contributed by atoms with Crippen molar-refractivity contribution in [1.29, 1.82) is 0 Å². The molecule has 0 aliphatic heterocycles. The number of hydrogen-bond acceptors (Lipinski definition) is 3. The maximum atomic E-state index is 13.2. The highest BCUT2D eigenvalue weighted by Crippen LogP contribution is 2.21. The average molecular weight is 364 g/mol. The second-order valence-electron chi connectivity index (χ2n) is 5.53. The van der Waals surface area contributed by atoms with Gasteiger partial charge in [0.1, 0.15) is 5.82 Å². The molecule has 0 saturated heterocycles. The summed E-state index contributed by atoms with van der Waals surface area (Å²) in [6.07, 6.45) is 3.46. The molecule has 0 fully saturated rings. The van der Waals surface area contributed by atoms with Gasteiger partial charge in [-0.2, -0.15) is 5.10 Å². The minimum Gasteiger partial charge on any atom is -0.332 e. The Morgan fingerprint density at radius 3 is 2.67 bits per heavy atom. The molecule has 3 rings (SSSR count). The molecule has 0 atom stereocenters. The van der Waals surface area contributed by atoms with Crippen LogP contribution in [0.1, 0.15) is 19.9 Å². The number of nitrogens with zero attached hydrogens (tertiary/aromatic N) is 3. The van der Waals surface area contributed by atoms with Gasteiger partial charge >= 0.3 is 0 Å². The summed E-state index contributed by atoms with van der Waals surface area (Å²) in [5.41, 5.74) is 2.15. The number of fused-ring (bicyclic) bond motifs is 1. The zero-order valence-corrected chi connectivity index (χ0v) is 14.6. The zero-order valence-electron chi connectivity index (χ0n) is 13.0. The number of halogens is 2. The summed E-state index contributed by atoms with van der Waals surface area (Å²) in [4.78, 5) is 4.43. The van der Waals surface area contributed by atoms with E-state index in [2.05, 4.69) is 20.7 Å². The number of anilines is 2. The molecule has 124 valence electrons. The van der Waals surface area contributed by atoms with Crippen LogP contribution < -0.4 is 10.6 Å². The summed E-state index contributed by atoms with van der Waals surface area (Å²) >= 11 is 11.0. The summed E-state index contributed by atoms with van der Waals surface area (Å²) in [6, 6.07) is 6.46. The summed E-state index contributed by atoms with van der Waals surface area (Å²) in [6.45, 7) is 4.10. The van der Waals surface area contributed by atoms with Crippen molar-refractivity contribution in [1.82, 2.24) is 14.8 Å². The first-order valence-corrected chi connectivity index (χ1v) is 8.09. The number of nitrogens with one attached hydrogen (secondary N) is 2. The lowest BCUT2D eigenvalue weighted by Crippen LogP contribution is -2.19. The fraction of sp³-hybridized carbons (Fsp3) is 0.188. The number of hydrogen-bond donors (Lipinski definition) is 2. The first-order valence-electron chi connectivity index (χ1n) is 7.30. The van der Waals surface area contributed by atoms with Gasteiger partial charge in [0.2, 0.25) is 0 Å². The normalized spacial score (nSPS) is 11.0. The SMILES string of the molecule is CC(C)n1ncc2cc(NC(=S)Nc3ccc(F)c(Cl)c3)cnc21. The van der Waals surface area contributed by atoms with E-state index in [4.69, 9.17) is 23.8 Å². The molecular formula is C16H15ClFN5S. The van der Waals surface area contributed by atoms with Crippen LogP contribution in [0.2, 0.25) is 5.02 Å². The second kappa shape index (κ2) is 6.70. The van der Waals surface area contributed by atoms with Crippen molar-refractivity contribution in [2.24, 2.45) is 0 Å². The van der Waals surface area contributed by atoms with Crippen molar-refractivity contribution >= 4 is 51.3 Å². The molecule has 2 aromatic heterocycles. The average Bonchev–Trinajstić information content (AvgIpc) is 2.94. The van der Waals surface area contributed by atoms with E-state index < -0.39 is 5.82 Å². The summed E-state index contributed by atoms with van der Waals surface area (Å²) < 4.78 is 15.0. The Morgan fingerprint density at radius 1 is 1.21 bits per heavy atom. The summed E-state index contributed by atoms with van der Waals surface area (Å²) in [7, 11) is 0. The third-order valence-electron chi connectivity index (χ3n) is 3.36. The lowest BCUT2D eigenvalue weighted by atomic mass is 10.3. The smallest absolute Gasteiger partial charge is 0.175 e. The van der Waals surface area contributed by atoms with Gasteiger partial charge < -0.3 is 10.6 Å². The summed E-state index contributed by atoms with van der Waals surface area (Å²) in [5, 5.41) is 11.6. The predicted molar refractivity (Wildman–Crippen MR) is 99.2 cm³/mol. The second-order valence-corrected chi connectivity index (χ2v) is 6.34. The quantitative estimate of drug-likeness (QED) is 0.665. The van der Waals surface area contributed by atoms with Gasteiger partial charge in [-0.15, -0.1) is 0 Å². The molecule has 3 aromatic rings. The number of aromatic nitrogens is 3. The van der Waals surface area contributed by atoms with E-state index in [1.807, 2.05) is 24.6 Å². The van der Waals surface area contributed by atoms with Crippen molar-refractivity contribution in [3.05, 3.63) is 47.5 Å². The van der Waals surface area contributed by atoms with E-state index in [1.165, 1.54) is 12.1 Å². The molecule has 2 N–H and O–H groups in total. The van der Waals surface area contributed by atoms with E-state index in [9.17, 15) is 4.39 Å². The molecule has 0 amide bonds. The Labute approximate surface area is 148 Å². The molecule has 0 radical (unpaired) electrons. The largest absolute Gasteiger partial charge is 0.332 e. The molecule has 2 heterocycles. The van der Waals surface area contributed by atoms with Crippen LogP contribution in [-0.4, -0.2) is 19.9 Å². The maximum Gasteiger partial charge on any atom is 0.175 e. The van der Waals surface area contributed by atoms with Crippen molar-refractivity contribution in [2.75, 3.05) is 10.6 Å². The van der Waals surface area contributed by atoms with Crippen LogP contribution in [0, 0.1) is 5.82 Å². The van der Waals surface area contributed by atoms with Gasteiger partial charge in [0.05, 0.1) is 23.1 Å². The molecule has 1 aromatic carbocycles. The lowest BCUT2D eigenvalue weighted by Gasteiger charge is -2.11. The van der Waals surface area contributed by atoms with Crippen LogP contribution in [-0.2, 0) is 0 Å². The van der Waals surface area contributed by atoms with Gasteiger partial charge in [-0.1, -0.05) is 11.6 Å². The van der Waals surface area contributed by atoms with Crippen molar-refractivity contribution in [3.63, 3.8) is 0 Å². The fourth-order valence-corrected chi connectivity index (χ4v) is 2.67. The van der Waals surface area contributed by atoms with Crippen LogP contribution in [0.15, 0.2) is 36.7 Å². The Bertz CT molecular complexity index is 909. The molecule has 8 heteroatoms. The monoisotopic (exact) mass is 363 g/mol. The predicted octanol–water partition coefficient (Wildman–Crippen LogP) is 4.61. The zero-order chi connectivity index (χ0) is 17.3. The molecule has 0 bridgehead atoms. The summed E-state index contributed by atoms with van der Waals surface area (Å²) in [5.74, 6) is -0.474. The third-order valence-corrected chi connectivity index (χ3v) is 3.85. The standard InChI is InChI=1S/C16H15ClFN5S/c1-9(2)23-15-10(7-20-23)5-12(8-19-15)22-16(24)21-11-3-4-14(18)13(17)6-11/h3-9H,1-2H3,(H2,21,22,24). The first-order chi connectivity index (χ1) is 11.4. The topological polar surface area (TPSA) is 54.8 Å². The van der Waals surface area contributed by atoms with E-state index in [-0.39, 0.29) is 11.1 Å². The molecule has 0 aliphatic rings. The van der Waals surface area contributed by atoms with Crippen molar-refractivity contribution in [3.8, 4) is 0 Å². The van der Waals surface area contributed by atoms with E-state index in [0.29, 0.717) is 10.8 Å². The van der Waals surface area contributed by atoms with Gasteiger partial charge in [0.25, 0.3) is 0 Å². The number of rotatable bonds is 3. The molecule has 5 nitrogen and oxygen atoms in total. The number of thiocarbonyl (C=S) groups is 1. The van der Waals surface area contributed by atoms with Gasteiger partial charge in [0, 0.05) is 17.1 Å². The molecule has 0 spiro atoms. The Kier molecular flexibility index (Phi) is 4.64. The van der Waals surface area contributed by atoms with E-state index in [1.54, 1.807) is 18.5 Å². The number of benzene rings is 1. The molecule has 0 saturated carbocycles. The molecular weight excluding hydrogens is 349 g/mol. The highest BCUT2D eigenvalue weighted by molar-refractivity contribution is 7.80. The van der Waals surface area contributed by atoms with Crippen LogP contribution in [0.5, 0.6) is 0 Å². The van der Waals surface area contributed by atoms with Gasteiger partial charge in [0.15, 0.2) is 10.8 Å². The highest BCUT2D eigenvalue weighted by atomic mass is 35.5. The minimum atomic E-state index is -0.474. The van der Waals surface area contributed by atoms with Crippen molar-refractivity contribution < 1.29 is 4.39 Å². The molecule has 24 heavy (non-hydrogen) atoms. The molecule has 0 unspecified atom stereocenters. The number of pyridine rings is 1. The highest BCUT2D eigenvalue weighted by Gasteiger charge is 2.09. The van der Waals surface area contributed by atoms with Gasteiger partial charge in [-0.3, -0.25) is 0 Å². The van der Waals surface area contributed by atoms with E-state index >= 15 is 0 Å².